The minimum absolute atomic E-state index is 0.0683. The van der Waals surface area contributed by atoms with Gasteiger partial charge in [-0.05, 0) is 42.9 Å². The molecule has 1 aromatic carbocycles. The van der Waals surface area contributed by atoms with Gasteiger partial charge in [-0.3, -0.25) is 0 Å². The lowest BCUT2D eigenvalue weighted by atomic mass is 9.92. The van der Waals surface area contributed by atoms with Gasteiger partial charge in [0.15, 0.2) is 9.84 Å². The first kappa shape index (κ1) is 16.0. The number of benzene rings is 1. The molecule has 1 atom stereocenters. The van der Waals surface area contributed by atoms with E-state index in [0.717, 1.165) is 12.8 Å². The standard InChI is InChI=1S/C16H22N2O2S/c1-16(2)7-6-14(11-16)18-8-9-21(19,20)15-5-3-4-13(10-15)12-17/h3-5,10,14,18H,6-9,11H2,1-2H3. The number of sulfone groups is 1. The molecule has 0 heterocycles. The SMILES string of the molecule is CC1(C)CCC(NCCS(=O)(=O)c2cccc(C#N)c2)C1. The van der Waals surface area contributed by atoms with Gasteiger partial charge < -0.3 is 5.32 Å². The summed E-state index contributed by atoms with van der Waals surface area (Å²) in [6.07, 6.45) is 3.38. The summed E-state index contributed by atoms with van der Waals surface area (Å²) in [5.74, 6) is 0.0683. The van der Waals surface area contributed by atoms with Crippen molar-refractivity contribution < 1.29 is 8.42 Å². The van der Waals surface area contributed by atoms with Crippen LogP contribution in [0.3, 0.4) is 0 Å². The zero-order valence-corrected chi connectivity index (χ0v) is 13.4. The molecule has 5 heteroatoms. The highest BCUT2D eigenvalue weighted by Gasteiger charge is 2.30. The Morgan fingerprint density at radius 2 is 2.19 bits per heavy atom. The van der Waals surface area contributed by atoms with Gasteiger partial charge in [-0.2, -0.15) is 5.26 Å². The summed E-state index contributed by atoms with van der Waals surface area (Å²) in [6.45, 7) is 4.96. The van der Waals surface area contributed by atoms with Gasteiger partial charge in [-0.1, -0.05) is 19.9 Å². The smallest absolute Gasteiger partial charge is 0.179 e. The molecule has 1 aromatic rings. The van der Waals surface area contributed by atoms with Crippen LogP contribution in [0.5, 0.6) is 0 Å². The Kier molecular flexibility index (Phi) is 4.70. The summed E-state index contributed by atoms with van der Waals surface area (Å²) in [6, 6.07) is 8.59. The number of hydrogen-bond donors (Lipinski definition) is 1. The van der Waals surface area contributed by atoms with Crippen molar-refractivity contribution in [3.05, 3.63) is 29.8 Å². The van der Waals surface area contributed by atoms with Crippen molar-refractivity contribution in [1.29, 1.82) is 5.26 Å². The predicted molar refractivity (Wildman–Crippen MR) is 82.6 cm³/mol. The fourth-order valence-corrected chi connectivity index (χ4v) is 4.10. The van der Waals surface area contributed by atoms with Crippen LogP contribution in [-0.2, 0) is 9.84 Å². The highest BCUT2D eigenvalue weighted by Crippen LogP contribution is 2.36. The summed E-state index contributed by atoms with van der Waals surface area (Å²) >= 11 is 0. The third-order valence-electron chi connectivity index (χ3n) is 4.09. The van der Waals surface area contributed by atoms with Gasteiger partial charge in [-0.25, -0.2) is 8.42 Å². The lowest BCUT2D eigenvalue weighted by Gasteiger charge is -2.17. The van der Waals surface area contributed by atoms with Crippen LogP contribution in [0.2, 0.25) is 0 Å². The Morgan fingerprint density at radius 1 is 1.43 bits per heavy atom. The van der Waals surface area contributed by atoms with Crippen molar-refractivity contribution in [2.75, 3.05) is 12.3 Å². The Labute approximate surface area is 127 Å². The average Bonchev–Trinajstić information content (AvgIpc) is 2.78. The second-order valence-corrected chi connectivity index (χ2v) is 8.63. The van der Waals surface area contributed by atoms with Crippen molar-refractivity contribution in [3.63, 3.8) is 0 Å². The molecule has 1 aliphatic carbocycles. The lowest BCUT2D eigenvalue weighted by Crippen LogP contribution is -2.32. The third-order valence-corrected chi connectivity index (χ3v) is 5.81. The number of nitrogens with zero attached hydrogens (tertiary/aromatic N) is 1. The second kappa shape index (κ2) is 6.17. The van der Waals surface area contributed by atoms with Gasteiger partial charge in [0.25, 0.3) is 0 Å². The Morgan fingerprint density at radius 3 is 2.81 bits per heavy atom. The first-order chi connectivity index (χ1) is 9.82. The van der Waals surface area contributed by atoms with E-state index in [-0.39, 0.29) is 10.6 Å². The summed E-state index contributed by atoms with van der Waals surface area (Å²) in [5.41, 5.74) is 0.735. The third kappa shape index (κ3) is 4.29. The first-order valence-electron chi connectivity index (χ1n) is 7.29. The van der Waals surface area contributed by atoms with Crippen LogP contribution in [0.15, 0.2) is 29.2 Å². The van der Waals surface area contributed by atoms with Crippen LogP contribution in [0.1, 0.15) is 38.7 Å². The second-order valence-electron chi connectivity index (χ2n) is 6.52. The Hall–Kier alpha value is -1.38. The summed E-state index contributed by atoms with van der Waals surface area (Å²) < 4.78 is 24.5. The van der Waals surface area contributed by atoms with E-state index in [2.05, 4.69) is 19.2 Å². The van der Waals surface area contributed by atoms with Crippen LogP contribution >= 0.6 is 0 Å². The highest BCUT2D eigenvalue weighted by atomic mass is 32.2. The minimum Gasteiger partial charge on any atom is -0.313 e. The van der Waals surface area contributed by atoms with Gasteiger partial charge in [0.2, 0.25) is 0 Å². The summed E-state index contributed by atoms with van der Waals surface area (Å²) in [5, 5.41) is 12.2. The van der Waals surface area contributed by atoms with Gasteiger partial charge in [0.05, 0.1) is 22.3 Å². The van der Waals surface area contributed by atoms with Crippen molar-refractivity contribution in [3.8, 4) is 6.07 Å². The average molecular weight is 306 g/mol. The molecule has 114 valence electrons. The molecule has 0 aliphatic heterocycles. The van der Waals surface area contributed by atoms with E-state index >= 15 is 0 Å². The molecule has 1 saturated carbocycles. The number of nitrogens with one attached hydrogen (secondary N) is 1. The largest absolute Gasteiger partial charge is 0.313 e. The summed E-state index contributed by atoms with van der Waals surface area (Å²) in [7, 11) is -3.33. The van der Waals surface area contributed by atoms with Crippen LogP contribution in [-0.4, -0.2) is 26.8 Å². The fourth-order valence-electron chi connectivity index (χ4n) is 2.88. The minimum atomic E-state index is -3.33. The maximum absolute atomic E-state index is 12.3. The molecule has 0 amide bonds. The molecule has 1 fully saturated rings. The van der Waals surface area contributed by atoms with Gasteiger partial charge in [-0.15, -0.1) is 0 Å². The molecule has 1 N–H and O–H groups in total. The van der Waals surface area contributed by atoms with Crippen molar-refractivity contribution >= 4 is 9.84 Å². The predicted octanol–water partition coefficient (Wildman–Crippen LogP) is 2.50. The van der Waals surface area contributed by atoms with Gasteiger partial charge in [0.1, 0.15) is 0 Å². The zero-order valence-electron chi connectivity index (χ0n) is 12.6. The van der Waals surface area contributed by atoms with E-state index in [1.165, 1.54) is 12.5 Å². The van der Waals surface area contributed by atoms with Gasteiger partial charge >= 0.3 is 0 Å². The Balaban J connectivity index is 1.91. The van der Waals surface area contributed by atoms with Crippen LogP contribution < -0.4 is 5.32 Å². The maximum Gasteiger partial charge on any atom is 0.179 e. The van der Waals surface area contributed by atoms with E-state index < -0.39 is 9.84 Å². The zero-order chi connectivity index (χ0) is 15.5. The van der Waals surface area contributed by atoms with Crippen molar-refractivity contribution in [1.82, 2.24) is 5.32 Å². The molecule has 0 spiro atoms. The van der Waals surface area contributed by atoms with E-state index in [1.54, 1.807) is 18.2 Å². The maximum atomic E-state index is 12.3. The number of rotatable bonds is 5. The fraction of sp³-hybridized carbons (Fsp3) is 0.562. The molecule has 4 nitrogen and oxygen atoms in total. The van der Waals surface area contributed by atoms with E-state index in [1.807, 2.05) is 6.07 Å². The van der Waals surface area contributed by atoms with E-state index in [4.69, 9.17) is 5.26 Å². The number of nitriles is 1. The quantitative estimate of drug-likeness (QED) is 0.907. The monoisotopic (exact) mass is 306 g/mol. The van der Waals surface area contributed by atoms with Gasteiger partial charge in [0, 0.05) is 12.6 Å². The van der Waals surface area contributed by atoms with Crippen LogP contribution in [0.25, 0.3) is 0 Å². The topological polar surface area (TPSA) is 70.0 Å². The molecule has 0 aromatic heterocycles. The lowest BCUT2D eigenvalue weighted by molar-refractivity contribution is 0.366. The molecule has 1 unspecified atom stereocenters. The highest BCUT2D eigenvalue weighted by molar-refractivity contribution is 7.91. The van der Waals surface area contributed by atoms with Crippen LogP contribution in [0.4, 0.5) is 0 Å². The normalized spacial score (nSPS) is 21.1. The van der Waals surface area contributed by atoms with E-state index in [0.29, 0.717) is 23.6 Å². The molecule has 0 radical (unpaired) electrons. The molecular formula is C16H22N2O2S. The number of hydrogen-bond acceptors (Lipinski definition) is 4. The first-order valence-corrected chi connectivity index (χ1v) is 8.94. The van der Waals surface area contributed by atoms with Crippen LogP contribution in [0, 0.1) is 16.7 Å². The molecule has 1 aliphatic rings. The molecule has 21 heavy (non-hydrogen) atoms. The van der Waals surface area contributed by atoms with Crippen molar-refractivity contribution in [2.24, 2.45) is 5.41 Å². The Bertz CT molecular complexity index is 644. The summed E-state index contributed by atoms with van der Waals surface area (Å²) in [4.78, 5) is 0.232. The molecule has 2 rings (SSSR count). The molecule has 0 bridgehead atoms. The molecule has 0 saturated heterocycles. The van der Waals surface area contributed by atoms with Crippen molar-refractivity contribution in [2.45, 2.75) is 44.0 Å². The van der Waals surface area contributed by atoms with E-state index in [9.17, 15) is 8.42 Å². The molecular weight excluding hydrogens is 284 g/mol.